The minimum atomic E-state index is -1.26. The van der Waals surface area contributed by atoms with Crippen molar-refractivity contribution < 1.29 is 14.3 Å². The second-order valence-electron chi connectivity index (χ2n) is 8.35. The van der Waals surface area contributed by atoms with Crippen LogP contribution in [-0.4, -0.2) is 19.0 Å². The summed E-state index contributed by atoms with van der Waals surface area (Å²) in [6, 6.07) is 29.1. The van der Waals surface area contributed by atoms with Gasteiger partial charge in [-0.25, -0.2) is 4.79 Å². The summed E-state index contributed by atoms with van der Waals surface area (Å²) in [5.41, 5.74) is 2.40. The number of benzene rings is 3. The number of amides is 1. The summed E-state index contributed by atoms with van der Waals surface area (Å²) < 4.78 is 5.09. The minimum Gasteiger partial charge on any atom is -0.466 e. The van der Waals surface area contributed by atoms with Gasteiger partial charge >= 0.3 is 5.97 Å². The van der Waals surface area contributed by atoms with Crippen LogP contribution in [0.1, 0.15) is 22.6 Å². The average molecular weight is 434 g/mol. The fraction of sp³-hybridized carbons (Fsp3) is 0.179. The summed E-state index contributed by atoms with van der Waals surface area (Å²) in [5.74, 6) is -2.08. The molecule has 3 aromatic carbocycles. The van der Waals surface area contributed by atoms with Crippen LogP contribution in [0.3, 0.4) is 0 Å². The monoisotopic (exact) mass is 434 g/mol. The molecule has 5 heteroatoms. The number of nitrogens with zero attached hydrogens (tertiary/aromatic N) is 2. The molecule has 0 radical (unpaired) electrons. The van der Waals surface area contributed by atoms with E-state index in [1.165, 1.54) is 7.11 Å². The van der Waals surface area contributed by atoms with Gasteiger partial charge < -0.3 is 9.64 Å². The zero-order valence-corrected chi connectivity index (χ0v) is 18.1. The van der Waals surface area contributed by atoms with Gasteiger partial charge in [-0.05, 0) is 22.8 Å². The summed E-state index contributed by atoms with van der Waals surface area (Å²) in [7, 11) is 1.32. The third kappa shape index (κ3) is 3.07. The highest BCUT2D eigenvalue weighted by atomic mass is 16.5. The van der Waals surface area contributed by atoms with Gasteiger partial charge in [-0.3, -0.25) is 4.79 Å². The van der Waals surface area contributed by atoms with Crippen molar-refractivity contribution >= 4 is 17.6 Å². The summed E-state index contributed by atoms with van der Waals surface area (Å²) >= 11 is 0. The van der Waals surface area contributed by atoms with Crippen molar-refractivity contribution in [2.45, 2.75) is 17.9 Å². The summed E-state index contributed by atoms with van der Waals surface area (Å²) in [6.45, 7) is 0.383. The molecule has 1 amide bonds. The van der Waals surface area contributed by atoms with Crippen molar-refractivity contribution in [2.24, 2.45) is 5.92 Å². The normalized spacial score (nSPS) is 23.2. The average Bonchev–Trinajstić information content (AvgIpc) is 3.34. The molecule has 0 bridgehead atoms. The quantitative estimate of drug-likeness (QED) is 0.567. The Morgan fingerprint density at radius 1 is 1.00 bits per heavy atom. The number of fused-ring (bicyclic) bond motifs is 2. The van der Waals surface area contributed by atoms with E-state index in [1.54, 1.807) is 11.0 Å². The Labute approximate surface area is 192 Å². The van der Waals surface area contributed by atoms with Crippen LogP contribution in [0.25, 0.3) is 0 Å². The molecular formula is C28H22N2O3. The number of para-hydroxylation sites is 1. The molecule has 0 saturated heterocycles. The van der Waals surface area contributed by atoms with E-state index in [0.717, 1.165) is 22.4 Å². The first-order valence-electron chi connectivity index (χ1n) is 10.8. The molecule has 1 aliphatic carbocycles. The fourth-order valence-electron chi connectivity index (χ4n) is 5.25. The Morgan fingerprint density at radius 3 is 2.30 bits per heavy atom. The van der Waals surface area contributed by atoms with E-state index < -0.39 is 23.2 Å². The van der Waals surface area contributed by atoms with Gasteiger partial charge in [-0.2, -0.15) is 5.26 Å². The third-order valence-corrected chi connectivity index (χ3v) is 6.68. The van der Waals surface area contributed by atoms with E-state index in [4.69, 9.17) is 4.74 Å². The fourth-order valence-corrected chi connectivity index (χ4v) is 5.25. The van der Waals surface area contributed by atoms with E-state index in [-0.39, 0.29) is 5.91 Å². The molecule has 3 atom stereocenters. The van der Waals surface area contributed by atoms with Gasteiger partial charge in [0.25, 0.3) is 0 Å². The van der Waals surface area contributed by atoms with Crippen LogP contribution < -0.4 is 4.90 Å². The van der Waals surface area contributed by atoms with Crippen LogP contribution in [-0.2, 0) is 26.3 Å². The van der Waals surface area contributed by atoms with Crippen LogP contribution in [0.2, 0.25) is 0 Å². The third-order valence-electron chi connectivity index (χ3n) is 6.68. The second kappa shape index (κ2) is 8.07. The molecular weight excluding hydrogens is 412 g/mol. The van der Waals surface area contributed by atoms with Crippen LogP contribution in [0.15, 0.2) is 96.6 Å². The number of rotatable bonds is 4. The molecule has 1 spiro atoms. The van der Waals surface area contributed by atoms with Crippen LogP contribution in [0.4, 0.5) is 5.69 Å². The minimum absolute atomic E-state index is 0.195. The maximum Gasteiger partial charge on any atom is 0.334 e. The van der Waals surface area contributed by atoms with Crippen molar-refractivity contribution in [1.29, 1.82) is 5.26 Å². The van der Waals surface area contributed by atoms with Crippen LogP contribution >= 0.6 is 0 Å². The molecule has 0 saturated carbocycles. The first-order chi connectivity index (χ1) is 16.1. The lowest BCUT2D eigenvalue weighted by Crippen LogP contribution is -2.43. The lowest BCUT2D eigenvalue weighted by molar-refractivity contribution is -0.136. The van der Waals surface area contributed by atoms with Crippen molar-refractivity contribution in [2.75, 3.05) is 12.0 Å². The summed E-state index contributed by atoms with van der Waals surface area (Å²) in [6.07, 6.45) is 1.69. The first kappa shape index (κ1) is 20.7. The number of carbonyl (C=O) groups is 2. The predicted octanol–water partition coefficient (Wildman–Crippen LogP) is 4.51. The van der Waals surface area contributed by atoms with Gasteiger partial charge in [0.2, 0.25) is 5.91 Å². The number of methoxy groups -OCH3 is 1. The largest absolute Gasteiger partial charge is 0.466 e. The summed E-state index contributed by atoms with van der Waals surface area (Å²) in [4.78, 5) is 28.8. The van der Waals surface area contributed by atoms with Crippen LogP contribution in [0, 0.1) is 17.2 Å². The van der Waals surface area contributed by atoms with E-state index in [1.807, 2.05) is 84.9 Å². The molecule has 3 aromatic rings. The van der Waals surface area contributed by atoms with Gasteiger partial charge in [0, 0.05) is 17.2 Å². The van der Waals surface area contributed by atoms with Crippen molar-refractivity contribution in [3.8, 4) is 6.07 Å². The number of ether oxygens (including phenoxy) is 1. The first-order valence-corrected chi connectivity index (χ1v) is 10.8. The second-order valence-corrected chi connectivity index (χ2v) is 8.35. The Morgan fingerprint density at radius 2 is 1.64 bits per heavy atom. The van der Waals surface area contributed by atoms with Gasteiger partial charge in [0.05, 0.1) is 25.6 Å². The molecule has 0 unspecified atom stereocenters. The highest BCUT2D eigenvalue weighted by Gasteiger charge is 2.61. The van der Waals surface area contributed by atoms with Gasteiger partial charge in [0.15, 0.2) is 0 Å². The van der Waals surface area contributed by atoms with Crippen molar-refractivity contribution in [3.05, 3.63) is 113 Å². The van der Waals surface area contributed by atoms with E-state index in [9.17, 15) is 14.9 Å². The number of nitriles is 1. The number of hydrogen-bond acceptors (Lipinski definition) is 4. The lowest BCUT2D eigenvalue weighted by atomic mass is 9.70. The molecule has 5 nitrogen and oxygen atoms in total. The lowest BCUT2D eigenvalue weighted by Gasteiger charge is -2.29. The van der Waals surface area contributed by atoms with Crippen molar-refractivity contribution in [3.63, 3.8) is 0 Å². The number of carbonyl (C=O) groups excluding carboxylic acids is 2. The zero-order chi connectivity index (χ0) is 23.0. The van der Waals surface area contributed by atoms with Crippen LogP contribution in [0.5, 0.6) is 0 Å². The van der Waals surface area contributed by atoms with Crippen molar-refractivity contribution in [1.82, 2.24) is 0 Å². The Hall–Kier alpha value is -4.17. The SMILES string of the molecule is COC(=O)C1=C[C@@]2(C(=O)N(Cc3ccccc3)c3ccccc32)[C@H](C#N)[C@@H]1c1ccccc1. The molecule has 1 heterocycles. The molecule has 0 fully saturated rings. The highest BCUT2D eigenvalue weighted by Crippen LogP contribution is 2.58. The predicted molar refractivity (Wildman–Crippen MR) is 124 cm³/mol. The standard InChI is InChI=1S/C28H22N2O3/c1-33-26(31)21-16-28(23(17-29)25(21)20-12-6-3-7-13-20)22-14-8-9-15-24(22)30(27(28)32)18-19-10-4-2-5-11-19/h2-16,23,25H,18H2,1H3/t23-,25-,28+/m1/s1. The topological polar surface area (TPSA) is 70.4 Å². The zero-order valence-electron chi connectivity index (χ0n) is 18.1. The molecule has 33 heavy (non-hydrogen) atoms. The van der Waals surface area contributed by atoms with E-state index in [2.05, 4.69) is 6.07 Å². The maximum atomic E-state index is 14.2. The number of hydrogen-bond donors (Lipinski definition) is 0. The summed E-state index contributed by atoms with van der Waals surface area (Å²) in [5, 5.41) is 10.4. The molecule has 162 valence electrons. The maximum absolute atomic E-state index is 14.2. The molecule has 0 aromatic heterocycles. The molecule has 0 N–H and O–H groups in total. The van der Waals surface area contributed by atoms with E-state index in [0.29, 0.717) is 12.1 Å². The smallest absolute Gasteiger partial charge is 0.334 e. The van der Waals surface area contributed by atoms with Gasteiger partial charge in [-0.1, -0.05) is 84.9 Å². The van der Waals surface area contributed by atoms with Gasteiger partial charge in [-0.15, -0.1) is 0 Å². The molecule has 5 rings (SSSR count). The van der Waals surface area contributed by atoms with E-state index >= 15 is 0 Å². The number of esters is 1. The number of anilines is 1. The molecule has 2 aliphatic rings. The van der Waals surface area contributed by atoms with Gasteiger partial charge in [0.1, 0.15) is 5.41 Å². The Bertz CT molecular complexity index is 1290. The highest BCUT2D eigenvalue weighted by molar-refractivity contribution is 6.12. The Kier molecular flexibility index (Phi) is 5.07. The Balaban J connectivity index is 1.70. The molecule has 1 aliphatic heterocycles.